The fraction of sp³-hybridized carbons (Fsp3) is 0.538. The highest BCUT2D eigenvalue weighted by Gasteiger charge is 2.21. The van der Waals surface area contributed by atoms with Gasteiger partial charge in [0.1, 0.15) is 5.82 Å². The number of non-ortho nitro benzene ring substituents is 1. The van der Waals surface area contributed by atoms with E-state index >= 15 is 0 Å². The number of nitro benzene ring substituents is 1. The number of hydrogen-bond donors (Lipinski definition) is 1. The van der Waals surface area contributed by atoms with Crippen molar-refractivity contribution in [1.82, 2.24) is 0 Å². The van der Waals surface area contributed by atoms with Crippen molar-refractivity contribution in [2.45, 2.75) is 37.8 Å². The molecular formula is C13H17FN2O3. The summed E-state index contributed by atoms with van der Waals surface area (Å²) in [5.41, 5.74) is 0.237. The lowest BCUT2D eigenvalue weighted by molar-refractivity contribution is -0.385. The van der Waals surface area contributed by atoms with Gasteiger partial charge in [0.2, 0.25) is 0 Å². The van der Waals surface area contributed by atoms with Crippen molar-refractivity contribution in [3.05, 3.63) is 34.1 Å². The number of benzene rings is 1. The largest absolute Gasteiger partial charge is 0.382 e. The van der Waals surface area contributed by atoms with E-state index in [9.17, 15) is 14.5 Å². The molecule has 0 spiro atoms. The Balaban J connectivity index is 2.01. The third-order valence-corrected chi connectivity index (χ3v) is 3.47. The van der Waals surface area contributed by atoms with Crippen molar-refractivity contribution in [2.24, 2.45) is 0 Å². The van der Waals surface area contributed by atoms with Gasteiger partial charge in [0.05, 0.1) is 17.1 Å². The summed E-state index contributed by atoms with van der Waals surface area (Å²) in [6, 6.07) is 3.79. The first-order valence-corrected chi connectivity index (χ1v) is 6.33. The lowest BCUT2D eigenvalue weighted by Crippen LogP contribution is -2.29. The Morgan fingerprint density at radius 1 is 1.32 bits per heavy atom. The summed E-state index contributed by atoms with van der Waals surface area (Å²) in [4.78, 5) is 10.1. The molecule has 19 heavy (non-hydrogen) atoms. The molecular weight excluding hydrogens is 251 g/mol. The number of rotatable bonds is 4. The maximum absolute atomic E-state index is 13.3. The zero-order chi connectivity index (χ0) is 13.8. The quantitative estimate of drug-likeness (QED) is 0.673. The fourth-order valence-electron chi connectivity index (χ4n) is 2.44. The van der Waals surface area contributed by atoms with Crippen molar-refractivity contribution in [1.29, 1.82) is 0 Å². The Morgan fingerprint density at radius 2 is 2.00 bits per heavy atom. The van der Waals surface area contributed by atoms with Gasteiger partial charge >= 0.3 is 0 Å². The van der Waals surface area contributed by atoms with Crippen LogP contribution in [-0.2, 0) is 4.74 Å². The predicted octanol–water partition coefficient (Wildman–Crippen LogP) is 3.10. The van der Waals surface area contributed by atoms with Crippen LogP contribution in [0.1, 0.15) is 25.7 Å². The number of anilines is 1. The molecule has 0 amide bonds. The van der Waals surface area contributed by atoms with E-state index < -0.39 is 10.7 Å². The molecule has 1 fully saturated rings. The Bertz CT molecular complexity index is 459. The SMILES string of the molecule is COC1CCC(Nc2cc(F)cc([N+](=O)[O-])c2)CC1. The average Bonchev–Trinajstić information content (AvgIpc) is 2.39. The number of methoxy groups -OCH3 is 1. The number of halogens is 1. The standard InChI is InChI=1S/C13H17FN2O3/c1-19-13-4-2-10(3-5-13)15-11-6-9(14)7-12(8-11)16(17)18/h6-8,10,13,15H,2-5H2,1H3. The maximum Gasteiger partial charge on any atom is 0.274 e. The first kappa shape index (κ1) is 13.7. The molecule has 0 aromatic heterocycles. The van der Waals surface area contributed by atoms with Gasteiger partial charge in [0.25, 0.3) is 5.69 Å². The second-order valence-electron chi connectivity index (χ2n) is 4.81. The van der Waals surface area contributed by atoms with Crippen LogP contribution in [0.4, 0.5) is 15.8 Å². The van der Waals surface area contributed by atoms with Crippen molar-refractivity contribution < 1.29 is 14.1 Å². The van der Waals surface area contributed by atoms with Gasteiger partial charge in [-0.1, -0.05) is 0 Å². The van der Waals surface area contributed by atoms with Crippen LogP contribution in [0.15, 0.2) is 18.2 Å². The Morgan fingerprint density at radius 3 is 2.58 bits per heavy atom. The highest BCUT2D eigenvalue weighted by molar-refractivity contribution is 5.52. The minimum absolute atomic E-state index is 0.216. The van der Waals surface area contributed by atoms with E-state index in [2.05, 4.69) is 5.32 Å². The normalized spacial score (nSPS) is 23.1. The van der Waals surface area contributed by atoms with Gasteiger partial charge < -0.3 is 10.1 Å². The zero-order valence-corrected chi connectivity index (χ0v) is 10.8. The van der Waals surface area contributed by atoms with Crippen LogP contribution in [0, 0.1) is 15.9 Å². The minimum Gasteiger partial charge on any atom is -0.382 e. The molecule has 0 heterocycles. The lowest BCUT2D eigenvalue weighted by Gasteiger charge is -2.28. The van der Waals surface area contributed by atoms with Gasteiger partial charge in [0.15, 0.2) is 0 Å². The number of nitrogens with zero attached hydrogens (tertiary/aromatic N) is 1. The fourth-order valence-corrected chi connectivity index (χ4v) is 2.44. The zero-order valence-electron chi connectivity index (χ0n) is 10.8. The van der Waals surface area contributed by atoms with Gasteiger partial charge in [-0.15, -0.1) is 0 Å². The van der Waals surface area contributed by atoms with E-state index in [1.165, 1.54) is 12.1 Å². The number of hydrogen-bond acceptors (Lipinski definition) is 4. The Labute approximate surface area is 110 Å². The molecule has 0 radical (unpaired) electrons. The minimum atomic E-state index is -0.595. The van der Waals surface area contributed by atoms with Crippen LogP contribution in [0.5, 0.6) is 0 Å². The van der Waals surface area contributed by atoms with Crippen molar-refractivity contribution in [2.75, 3.05) is 12.4 Å². The van der Waals surface area contributed by atoms with Gasteiger partial charge in [-0.2, -0.15) is 0 Å². The second-order valence-corrected chi connectivity index (χ2v) is 4.81. The van der Waals surface area contributed by atoms with Gasteiger partial charge in [-0.3, -0.25) is 10.1 Å². The van der Waals surface area contributed by atoms with Gasteiger partial charge in [-0.05, 0) is 31.7 Å². The van der Waals surface area contributed by atoms with E-state index in [0.29, 0.717) is 11.8 Å². The molecule has 0 saturated heterocycles. The van der Waals surface area contributed by atoms with Gasteiger partial charge in [-0.25, -0.2) is 4.39 Å². The third-order valence-electron chi connectivity index (χ3n) is 3.47. The highest BCUT2D eigenvalue weighted by atomic mass is 19.1. The molecule has 2 rings (SSSR count). The molecule has 1 aliphatic carbocycles. The van der Waals surface area contributed by atoms with Crippen LogP contribution < -0.4 is 5.32 Å². The number of ether oxygens (including phenoxy) is 1. The second kappa shape index (κ2) is 5.97. The van der Waals surface area contributed by atoms with E-state index in [0.717, 1.165) is 31.7 Å². The first-order chi connectivity index (χ1) is 9.08. The summed E-state index contributed by atoms with van der Waals surface area (Å²) in [7, 11) is 1.70. The maximum atomic E-state index is 13.3. The molecule has 1 N–H and O–H groups in total. The molecule has 0 bridgehead atoms. The van der Waals surface area contributed by atoms with Gasteiger partial charge in [0, 0.05) is 24.9 Å². The van der Waals surface area contributed by atoms with E-state index in [4.69, 9.17) is 4.74 Å². The molecule has 0 aliphatic heterocycles. The molecule has 0 unspecified atom stereocenters. The van der Waals surface area contributed by atoms with Crippen LogP contribution >= 0.6 is 0 Å². The van der Waals surface area contributed by atoms with Crippen LogP contribution in [0.3, 0.4) is 0 Å². The van der Waals surface area contributed by atoms with E-state index in [1.807, 2.05) is 0 Å². The van der Waals surface area contributed by atoms with Crippen molar-refractivity contribution >= 4 is 11.4 Å². The lowest BCUT2D eigenvalue weighted by atomic mass is 9.93. The predicted molar refractivity (Wildman–Crippen MR) is 69.7 cm³/mol. The Kier molecular flexibility index (Phi) is 4.31. The topological polar surface area (TPSA) is 64.4 Å². The number of nitrogens with one attached hydrogen (secondary N) is 1. The van der Waals surface area contributed by atoms with Crippen LogP contribution in [0.2, 0.25) is 0 Å². The highest BCUT2D eigenvalue weighted by Crippen LogP contribution is 2.26. The molecule has 5 nitrogen and oxygen atoms in total. The molecule has 1 saturated carbocycles. The van der Waals surface area contributed by atoms with Crippen molar-refractivity contribution in [3.63, 3.8) is 0 Å². The molecule has 1 aromatic carbocycles. The smallest absolute Gasteiger partial charge is 0.274 e. The third kappa shape index (κ3) is 3.64. The summed E-state index contributed by atoms with van der Waals surface area (Å²) in [6.45, 7) is 0. The van der Waals surface area contributed by atoms with E-state index in [-0.39, 0.29) is 11.7 Å². The van der Waals surface area contributed by atoms with E-state index in [1.54, 1.807) is 7.11 Å². The van der Waals surface area contributed by atoms with Crippen LogP contribution in [0.25, 0.3) is 0 Å². The average molecular weight is 268 g/mol. The monoisotopic (exact) mass is 268 g/mol. The molecule has 6 heteroatoms. The molecule has 0 atom stereocenters. The molecule has 1 aromatic rings. The molecule has 1 aliphatic rings. The summed E-state index contributed by atoms with van der Waals surface area (Å²) in [5.74, 6) is -0.595. The first-order valence-electron chi connectivity index (χ1n) is 6.33. The van der Waals surface area contributed by atoms with Crippen LogP contribution in [-0.4, -0.2) is 24.2 Å². The summed E-state index contributed by atoms with van der Waals surface area (Å²) < 4.78 is 18.6. The Hall–Kier alpha value is -1.69. The summed E-state index contributed by atoms with van der Waals surface area (Å²) in [6.07, 6.45) is 4.03. The number of nitro groups is 1. The summed E-state index contributed by atoms with van der Waals surface area (Å²) in [5, 5.41) is 13.8. The summed E-state index contributed by atoms with van der Waals surface area (Å²) >= 11 is 0. The van der Waals surface area contributed by atoms with Crippen molar-refractivity contribution in [3.8, 4) is 0 Å². The molecule has 104 valence electrons.